The standard InChI is InChI=1S/C10H22N6O2/c11-15-9(17)13-5-7-1-2-8(4-3-7)6-14-10(18)16-12/h7-8H,1-6,11-12H2,(H2,13,15,17)(H2,14,16,18). The molecule has 4 amide bonds. The van der Waals surface area contributed by atoms with Gasteiger partial charge in [-0.05, 0) is 37.5 Å². The molecule has 0 unspecified atom stereocenters. The molecule has 104 valence electrons. The van der Waals surface area contributed by atoms with Crippen LogP contribution in [-0.2, 0) is 0 Å². The molecule has 1 rings (SSSR count). The minimum Gasteiger partial charge on any atom is -0.337 e. The molecule has 18 heavy (non-hydrogen) atoms. The zero-order chi connectivity index (χ0) is 13.4. The molecule has 1 fully saturated rings. The average molecular weight is 258 g/mol. The van der Waals surface area contributed by atoms with E-state index in [0.717, 1.165) is 25.7 Å². The van der Waals surface area contributed by atoms with Crippen molar-refractivity contribution in [2.24, 2.45) is 23.5 Å². The van der Waals surface area contributed by atoms with E-state index in [4.69, 9.17) is 11.7 Å². The number of amides is 4. The van der Waals surface area contributed by atoms with Crippen molar-refractivity contribution >= 4 is 12.1 Å². The van der Waals surface area contributed by atoms with Crippen LogP contribution in [0.4, 0.5) is 9.59 Å². The fourth-order valence-electron chi connectivity index (χ4n) is 2.22. The number of hydrogen-bond donors (Lipinski definition) is 6. The molecule has 0 aromatic rings. The molecule has 0 aromatic heterocycles. The van der Waals surface area contributed by atoms with Crippen LogP contribution in [0.3, 0.4) is 0 Å². The fraction of sp³-hybridized carbons (Fsp3) is 0.800. The van der Waals surface area contributed by atoms with Gasteiger partial charge in [0.1, 0.15) is 0 Å². The quantitative estimate of drug-likeness (QED) is 0.222. The molecule has 0 atom stereocenters. The van der Waals surface area contributed by atoms with Crippen LogP contribution in [0.5, 0.6) is 0 Å². The Morgan fingerprint density at radius 2 is 1.17 bits per heavy atom. The van der Waals surface area contributed by atoms with E-state index in [1.807, 2.05) is 10.9 Å². The predicted octanol–water partition coefficient (Wildman–Crippen LogP) is -0.861. The van der Waals surface area contributed by atoms with Crippen molar-refractivity contribution in [2.75, 3.05) is 13.1 Å². The summed E-state index contributed by atoms with van der Waals surface area (Å²) in [6.07, 6.45) is 4.17. The molecular formula is C10H22N6O2. The smallest absolute Gasteiger partial charge is 0.328 e. The third-order valence-electron chi connectivity index (χ3n) is 3.33. The topological polar surface area (TPSA) is 134 Å². The summed E-state index contributed by atoms with van der Waals surface area (Å²) in [4.78, 5) is 21.8. The maximum Gasteiger partial charge on any atom is 0.328 e. The monoisotopic (exact) mass is 258 g/mol. The van der Waals surface area contributed by atoms with Crippen LogP contribution < -0.4 is 33.2 Å². The largest absolute Gasteiger partial charge is 0.337 e. The Hall–Kier alpha value is -1.54. The highest BCUT2D eigenvalue weighted by molar-refractivity contribution is 5.73. The molecule has 1 aliphatic carbocycles. The molecule has 0 aromatic carbocycles. The van der Waals surface area contributed by atoms with Gasteiger partial charge < -0.3 is 10.6 Å². The van der Waals surface area contributed by atoms with E-state index >= 15 is 0 Å². The minimum absolute atomic E-state index is 0.349. The number of urea groups is 2. The molecule has 1 aliphatic rings. The molecule has 0 spiro atoms. The maximum absolute atomic E-state index is 10.9. The van der Waals surface area contributed by atoms with E-state index in [0.29, 0.717) is 24.9 Å². The summed E-state index contributed by atoms with van der Waals surface area (Å²) < 4.78 is 0. The predicted molar refractivity (Wildman–Crippen MR) is 66.9 cm³/mol. The lowest BCUT2D eigenvalue weighted by Crippen LogP contribution is -2.43. The summed E-state index contributed by atoms with van der Waals surface area (Å²) in [7, 11) is 0. The molecule has 1 saturated carbocycles. The normalized spacial score (nSPS) is 23.0. The van der Waals surface area contributed by atoms with Crippen LogP contribution in [0.15, 0.2) is 0 Å². The van der Waals surface area contributed by atoms with E-state index in [9.17, 15) is 9.59 Å². The number of hydrazine groups is 2. The second-order valence-electron chi connectivity index (χ2n) is 4.60. The van der Waals surface area contributed by atoms with Gasteiger partial charge in [0.25, 0.3) is 0 Å². The van der Waals surface area contributed by atoms with Crippen LogP contribution in [0.2, 0.25) is 0 Å². The van der Waals surface area contributed by atoms with Crippen LogP contribution in [-0.4, -0.2) is 25.2 Å². The number of carbonyl (C=O) groups excluding carboxylic acids is 2. The Balaban J connectivity index is 2.12. The van der Waals surface area contributed by atoms with Gasteiger partial charge in [-0.3, -0.25) is 10.9 Å². The number of rotatable bonds is 4. The van der Waals surface area contributed by atoms with Crippen molar-refractivity contribution < 1.29 is 9.59 Å². The van der Waals surface area contributed by atoms with Crippen LogP contribution >= 0.6 is 0 Å². The Kier molecular flexibility index (Phi) is 6.23. The van der Waals surface area contributed by atoms with Crippen molar-refractivity contribution in [3.8, 4) is 0 Å². The van der Waals surface area contributed by atoms with Crippen molar-refractivity contribution in [3.63, 3.8) is 0 Å². The van der Waals surface area contributed by atoms with Crippen molar-refractivity contribution in [2.45, 2.75) is 25.7 Å². The lowest BCUT2D eigenvalue weighted by molar-refractivity contribution is 0.224. The summed E-state index contributed by atoms with van der Waals surface area (Å²) in [5.74, 6) is 10.9. The summed E-state index contributed by atoms with van der Waals surface area (Å²) in [5.41, 5.74) is 4.07. The Labute approximate surface area is 106 Å². The van der Waals surface area contributed by atoms with E-state index in [1.54, 1.807) is 0 Å². The van der Waals surface area contributed by atoms with Gasteiger partial charge in [-0.2, -0.15) is 0 Å². The molecule has 8 nitrogen and oxygen atoms in total. The first kappa shape index (κ1) is 14.5. The third kappa shape index (κ3) is 5.19. The van der Waals surface area contributed by atoms with Gasteiger partial charge >= 0.3 is 12.1 Å². The SMILES string of the molecule is NNC(=O)NCC1CCC(CNC(=O)NN)CC1. The van der Waals surface area contributed by atoms with Gasteiger partial charge in [0.05, 0.1) is 0 Å². The van der Waals surface area contributed by atoms with Crippen molar-refractivity contribution in [1.82, 2.24) is 21.5 Å². The zero-order valence-corrected chi connectivity index (χ0v) is 10.4. The number of hydrogen-bond acceptors (Lipinski definition) is 4. The molecular weight excluding hydrogens is 236 g/mol. The first-order valence-electron chi connectivity index (χ1n) is 6.14. The molecule has 8 heteroatoms. The summed E-state index contributed by atoms with van der Waals surface area (Å²) >= 11 is 0. The summed E-state index contributed by atoms with van der Waals surface area (Å²) in [6.45, 7) is 1.29. The van der Waals surface area contributed by atoms with Gasteiger partial charge in [-0.15, -0.1) is 0 Å². The van der Waals surface area contributed by atoms with Gasteiger partial charge in [-0.25, -0.2) is 21.3 Å². The minimum atomic E-state index is -0.349. The van der Waals surface area contributed by atoms with Gasteiger partial charge in [-0.1, -0.05) is 0 Å². The molecule has 0 heterocycles. The van der Waals surface area contributed by atoms with E-state index < -0.39 is 0 Å². The Bertz CT molecular complexity index is 250. The molecule has 0 radical (unpaired) electrons. The number of nitrogens with one attached hydrogen (secondary N) is 4. The van der Waals surface area contributed by atoms with Crippen molar-refractivity contribution in [3.05, 3.63) is 0 Å². The van der Waals surface area contributed by atoms with Crippen molar-refractivity contribution in [1.29, 1.82) is 0 Å². The zero-order valence-electron chi connectivity index (χ0n) is 10.4. The third-order valence-corrected chi connectivity index (χ3v) is 3.33. The first-order chi connectivity index (χ1) is 8.65. The lowest BCUT2D eigenvalue weighted by Gasteiger charge is -2.28. The van der Waals surface area contributed by atoms with E-state index in [1.165, 1.54) is 0 Å². The molecule has 0 saturated heterocycles. The average Bonchev–Trinajstić information content (AvgIpc) is 2.43. The first-order valence-corrected chi connectivity index (χ1v) is 6.14. The molecule has 0 bridgehead atoms. The maximum atomic E-state index is 10.9. The van der Waals surface area contributed by atoms with E-state index in [-0.39, 0.29) is 12.1 Å². The second kappa shape index (κ2) is 7.72. The van der Waals surface area contributed by atoms with Gasteiger partial charge in [0.15, 0.2) is 0 Å². The summed E-state index contributed by atoms with van der Waals surface area (Å²) in [6, 6.07) is -0.697. The van der Waals surface area contributed by atoms with Crippen LogP contribution in [0.1, 0.15) is 25.7 Å². The highest BCUT2D eigenvalue weighted by Gasteiger charge is 2.21. The summed E-state index contributed by atoms with van der Waals surface area (Å²) in [5, 5.41) is 5.41. The molecule has 0 aliphatic heterocycles. The van der Waals surface area contributed by atoms with Crippen LogP contribution in [0, 0.1) is 11.8 Å². The lowest BCUT2D eigenvalue weighted by atomic mass is 9.82. The number of carbonyl (C=O) groups is 2. The Morgan fingerprint density at radius 1 is 0.833 bits per heavy atom. The molecule has 8 N–H and O–H groups in total. The Morgan fingerprint density at radius 3 is 1.44 bits per heavy atom. The van der Waals surface area contributed by atoms with Crippen LogP contribution in [0.25, 0.3) is 0 Å². The van der Waals surface area contributed by atoms with E-state index in [2.05, 4.69) is 10.6 Å². The second-order valence-corrected chi connectivity index (χ2v) is 4.60. The van der Waals surface area contributed by atoms with Gasteiger partial charge in [0, 0.05) is 13.1 Å². The van der Waals surface area contributed by atoms with Gasteiger partial charge in [0.2, 0.25) is 0 Å². The number of nitrogens with two attached hydrogens (primary N) is 2. The highest BCUT2D eigenvalue weighted by atomic mass is 16.2. The highest BCUT2D eigenvalue weighted by Crippen LogP contribution is 2.27. The fourth-order valence-corrected chi connectivity index (χ4v) is 2.22.